The SMILES string of the molecule is CC(C)c1cccnc1.Cc1nc(C(C)C)no1.Cc1ncc(C(C)C)cn1. The lowest BCUT2D eigenvalue weighted by Crippen LogP contribution is -1.92. The summed E-state index contributed by atoms with van der Waals surface area (Å²) in [7, 11) is 0. The number of hydrogen-bond acceptors (Lipinski definition) is 6. The van der Waals surface area contributed by atoms with Crippen LogP contribution >= 0.6 is 0 Å². The summed E-state index contributed by atoms with van der Waals surface area (Å²) in [6.45, 7) is 16.3. The summed E-state index contributed by atoms with van der Waals surface area (Å²) in [5, 5.41) is 3.73. The van der Waals surface area contributed by atoms with Gasteiger partial charge in [-0.2, -0.15) is 4.98 Å². The summed E-state index contributed by atoms with van der Waals surface area (Å²) in [4.78, 5) is 16.2. The Morgan fingerprint density at radius 3 is 1.71 bits per heavy atom. The molecule has 0 amide bonds. The van der Waals surface area contributed by atoms with Crippen LogP contribution in [0.2, 0.25) is 0 Å². The fourth-order valence-corrected chi connectivity index (χ4v) is 1.97. The molecule has 0 spiro atoms. The number of aromatic nitrogens is 5. The van der Waals surface area contributed by atoms with E-state index >= 15 is 0 Å². The van der Waals surface area contributed by atoms with E-state index in [1.165, 1.54) is 11.1 Å². The number of pyridine rings is 1. The van der Waals surface area contributed by atoms with E-state index in [2.05, 4.69) is 58.9 Å². The van der Waals surface area contributed by atoms with E-state index in [0.29, 0.717) is 23.6 Å². The third kappa shape index (κ3) is 8.84. The number of nitrogens with zero attached hydrogens (tertiary/aromatic N) is 5. The van der Waals surface area contributed by atoms with Gasteiger partial charge < -0.3 is 4.52 Å². The summed E-state index contributed by atoms with van der Waals surface area (Å²) >= 11 is 0. The molecule has 0 aliphatic heterocycles. The third-order valence-electron chi connectivity index (χ3n) is 3.88. The van der Waals surface area contributed by atoms with Crippen molar-refractivity contribution in [3.05, 3.63) is 65.6 Å². The predicted octanol–water partition coefficient (Wildman–Crippen LogP) is 5.61. The molecule has 152 valence electrons. The minimum Gasteiger partial charge on any atom is -0.340 e. The normalized spacial score (nSPS) is 10.4. The highest BCUT2D eigenvalue weighted by molar-refractivity contribution is 5.12. The van der Waals surface area contributed by atoms with Crippen LogP contribution in [0.25, 0.3) is 0 Å². The van der Waals surface area contributed by atoms with Crippen molar-refractivity contribution in [2.75, 3.05) is 0 Å². The largest absolute Gasteiger partial charge is 0.340 e. The molecule has 6 nitrogen and oxygen atoms in total. The molecule has 28 heavy (non-hydrogen) atoms. The zero-order valence-electron chi connectivity index (χ0n) is 18.3. The van der Waals surface area contributed by atoms with Crippen LogP contribution in [0.3, 0.4) is 0 Å². The van der Waals surface area contributed by atoms with Crippen molar-refractivity contribution in [2.24, 2.45) is 0 Å². The Hall–Kier alpha value is -2.63. The van der Waals surface area contributed by atoms with Crippen molar-refractivity contribution in [3.63, 3.8) is 0 Å². The van der Waals surface area contributed by atoms with E-state index in [0.717, 1.165) is 11.6 Å². The Balaban J connectivity index is 0.000000210. The molecule has 0 unspecified atom stereocenters. The van der Waals surface area contributed by atoms with E-state index in [4.69, 9.17) is 4.52 Å². The van der Waals surface area contributed by atoms with Gasteiger partial charge in [0.15, 0.2) is 5.82 Å². The fraction of sp³-hybridized carbons (Fsp3) is 0.500. The Morgan fingerprint density at radius 2 is 1.39 bits per heavy atom. The van der Waals surface area contributed by atoms with Crippen molar-refractivity contribution in [1.82, 2.24) is 25.1 Å². The van der Waals surface area contributed by atoms with Crippen molar-refractivity contribution in [3.8, 4) is 0 Å². The molecule has 0 aliphatic carbocycles. The van der Waals surface area contributed by atoms with Crippen LogP contribution in [-0.2, 0) is 0 Å². The van der Waals surface area contributed by atoms with Crippen LogP contribution in [-0.4, -0.2) is 25.1 Å². The van der Waals surface area contributed by atoms with Gasteiger partial charge in [-0.05, 0) is 36.0 Å². The van der Waals surface area contributed by atoms with Gasteiger partial charge in [-0.15, -0.1) is 0 Å². The maximum absolute atomic E-state index is 4.76. The fourth-order valence-electron chi connectivity index (χ4n) is 1.97. The van der Waals surface area contributed by atoms with E-state index in [1.54, 1.807) is 13.1 Å². The van der Waals surface area contributed by atoms with Gasteiger partial charge in [-0.3, -0.25) is 4.98 Å². The average molecular weight is 384 g/mol. The van der Waals surface area contributed by atoms with Crippen molar-refractivity contribution in [2.45, 2.75) is 73.1 Å². The van der Waals surface area contributed by atoms with Crippen molar-refractivity contribution >= 4 is 0 Å². The van der Waals surface area contributed by atoms with Gasteiger partial charge in [-0.25, -0.2) is 9.97 Å². The molecule has 0 atom stereocenters. The average Bonchev–Trinajstić information content (AvgIpc) is 3.11. The highest BCUT2D eigenvalue weighted by Gasteiger charge is 2.04. The molecule has 0 radical (unpaired) electrons. The van der Waals surface area contributed by atoms with Crippen molar-refractivity contribution in [1.29, 1.82) is 0 Å². The molecule has 3 rings (SSSR count). The zero-order valence-corrected chi connectivity index (χ0v) is 18.3. The van der Waals surface area contributed by atoms with Crippen LogP contribution in [0, 0.1) is 13.8 Å². The summed E-state index contributed by atoms with van der Waals surface area (Å²) < 4.78 is 4.76. The molecule has 0 bridgehead atoms. The van der Waals surface area contributed by atoms with Gasteiger partial charge >= 0.3 is 0 Å². The van der Waals surface area contributed by atoms with Gasteiger partial charge in [0, 0.05) is 37.6 Å². The second kappa shape index (κ2) is 12.0. The lowest BCUT2D eigenvalue weighted by molar-refractivity contribution is 0.385. The first-order valence-electron chi connectivity index (χ1n) is 9.69. The van der Waals surface area contributed by atoms with Crippen LogP contribution in [0.15, 0.2) is 41.4 Å². The maximum atomic E-state index is 4.76. The summed E-state index contributed by atoms with van der Waals surface area (Å²) in [5.74, 6) is 3.75. The molecule has 0 saturated heterocycles. The number of rotatable bonds is 3. The van der Waals surface area contributed by atoms with Gasteiger partial charge in [0.2, 0.25) is 5.89 Å². The second-order valence-electron chi connectivity index (χ2n) is 7.49. The molecule has 0 fully saturated rings. The minimum atomic E-state index is 0.363. The molecule has 0 N–H and O–H groups in total. The topological polar surface area (TPSA) is 77.6 Å². The first-order valence-corrected chi connectivity index (χ1v) is 9.69. The van der Waals surface area contributed by atoms with Crippen LogP contribution < -0.4 is 0 Å². The minimum absolute atomic E-state index is 0.363. The highest BCUT2D eigenvalue weighted by atomic mass is 16.5. The van der Waals surface area contributed by atoms with Crippen molar-refractivity contribution < 1.29 is 4.52 Å². The monoisotopic (exact) mass is 383 g/mol. The smallest absolute Gasteiger partial charge is 0.223 e. The van der Waals surface area contributed by atoms with Crippen LogP contribution in [0.5, 0.6) is 0 Å². The number of hydrogen-bond donors (Lipinski definition) is 0. The molecular formula is C22H33N5O. The molecule has 6 heteroatoms. The second-order valence-corrected chi connectivity index (χ2v) is 7.49. The third-order valence-corrected chi connectivity index (χ3v) is 3.88. The molecule has 3 heterocycles. The maximum Gasteiger partial charge on any atom is 0.223 e. The van der Waals surface area contributed by atoms with Gasteiger partial charge in [0.1, 0.15) is 5.82 Å². The summed E-state index contributed by atoms with van der Waals surface area (Å²) in [6, 6.07) is 4.06. The summed E-state index contributed by atoms with van der Waals surface area (Å²) in [6.07, 6.45) is 7.47. The van der Waals surface area contributed by atoms with Gasteiger partial charge in [-0.1, -0.05) is 52.8 Å². The summed E-state index contributed by atoms with van der Waals surface area (Å²) in [5.41, 5.74) is 2.50. The molecule has 0 aromatic carbocycles. The molecule has 3 aromatic heterocycles. The quantitative estimate of drug-likeness (QED) is 0.584. The first kappa shape index (κ1) is 23.4. The molecule has 3 aromatic rings. The Morgan fingerprint density at radius 1 is 0.786 bits per heavy atom. The van der Waals surface area contributed by atoms with E-state index in [1.807, 2.05) is 45.4 Å². The zero-order chi connectivity index (χ0) is 21.1. The van der Waals surface area contributed by atoms with Gasteiger partial charge in [0.25, 0.3) is 0 Å². The van der Waals surface area contributed by atoms with Crippen LogP contribution in [0.1, 0.15) is 88.0 Å². The lowest BCUT2D eigenvalue weighted by Gasteiger charge is -2.01. The lowest BCUT2D eigenvalue weighted by atomic mass is 10.1. The molecular weight excluding hydrogens is 350 g/mol. The number of aryl methyl sites for hydroxylation is 2. The first-order chi connectivity index (χ1) is 13.2. The van der Waals surface area contributed by atoms with E-state index < -0.39 is 0 Å². The van der Waals surface area contributed by atoms with Crippen LogP contribution in [0.4, 0.5) is 0 Å². The molecule has 0 saturated carbocycles. The highest BCUT2D eigenvalue weighted by Crippen LogP contribution is 2.11. The van der Waals surface area contributed by atoms with E-state index in [9.17, 15) is 0 Å². The van der Waals surface area contributed by atoms with E-state index in [-0.39, 0.29) is 0 Å². The Bertz CT molecular complexity index is 780. The Kier molecular flexibility index (Phi) is 9.99. The Labute approximate surface area is 168 Å². The standard InChI is InChI=1S/C8H12N2.C8H11N.C6H10N2O/c1-6(2)8-4-9-7(3)10-5-8;1-7(2)8-4-3-5-9-6-8;1-4(2)6-7-5(3)9-8-6/h4-6H,1-3H3;3-7H,1-2H3;4H,1-3H3. The molecule has 0 aliphatic rings. The van der Waals surface area contributed by atoms with Gasteiger partial charge in [0.05, 0.1) is 0 Å². The predicted molar refractivity (Wildman–Crippen MR) is 112 cm³/mol.